The van der Waals surface area contributed by atoms with Gasteiger partial charge >= 0.3 is 0 Å². The highest BCUT2D eigenvalue weighted by atomic mass is 32.2. The molecule has 1 saturated heterocycles. The molecule has 6 nitrogen and oxygen atoms in total. The fraction of sp³-hybridized carbons (Fsp3) is 0.533. The fourth-order valence-corrected chi connectivity index (χ4v) is 3.36. The Morgan fingerprint density at radius 1 is 1.14 bits per heavy atom. The second kappa shape index (κ2) is 7.21. The maximum Gasteiger partial charge on any atom is 0.241 e. The van der Waals surface area contributed by atoms with Crippen molar-refractivity contribution < 1.29 is 13.2 Å². The van der Waals surface area contributed by atoms with E-state index in [0.29, 0.717) is 13.1 Å². The summed E-state index contributed by atoms with van der Waals surface area (Å²) in [6.45, 7) is 7.75. The number of likely N-dealkylation sites (N-methyl/N-ethyl adjacent to an activating group) is 1. The highest BCUT2D eigenvalue weighted by Gasteiger charge is 2.22. The minimum Gasteiger partial charge on any atom is -0.339 e. The number of nitrogens with one attached hydrogen (secondary N) is 1. The normalized spacial score (nSPS) is 16.7. The van der Waals surface area contributed by atoms with Gasteiger partial charge < -0.3 is 9.80 Å². The molecule has 1 aromatic rings. The van der Waals surface area contributed by atoms with Crippen LogP contribution in [0.15, 0.2) is 29.2 Å². The Morgan fingerprint density at radius 2 is 1.73 bits per heavy atom. The maximum absolute atomic E-state index is 12.1. The third-order valence-electron chi connectivity index (χ3n) is 3.92. The largest absolute Gasteiger partial charge is 0.339 e. The molecule has 0 bridgehead atoms. The van der Waals surface area contributed by atoms with Crippen molar-refractivity contribution in [2.24, 2.45) is 0 Å². The van der Waals surface area contributed by atoms with E-state index in [1.807, 2.05) is 6.92 Å². The van der Waals surface area contributed by atoms with Crippen molar-refractivity contribution in [1.29, 1.82) is 0 Å². The molecule has 1 aromatic carbocycles. The van der Waals surface area contributed by atoms with Crippen molar-refractivity contribution in [3.63, 3.8) is 0 Å². The van der Waals surface area contributed by atoms with Gasteiger partial charge in [0.05, 0.1) is 11.4 Å². The molecule has 7 heteroatoms. The average Bonchev–Trinajstić information content (AvgIpc) is 2.53. The number of benzene rings is 1. The van der Waals surface area contributed by atoms with Gasteiger partial charge in [0, 0.05) is 26.2 Å². The van der Waals surface area contributed by atoms with Crippen LogP contribution in [0.3, 0.4) is 0 Å². The van der Waals surface area contributed by atoms with Crippen molar-refractivity contribution in [2.45, 2.75) is 18.7 Å². The molecule has 1 aliphatic rings. The first-order valence-electron chi connectivity index (χ1n) is 7.49. The van der Waals surface area contributed by atoms with E-state index < -0.39 is 10.0 Å². The van der Waals surface area contributed by atoms with Crippen molar-refractivity contribution in [2.75, 3.05) is 39.3 Å². The van der Waals surface area contributed by atoms with E-state index in [0.717, 1.165) is 25.2 Å². The van der Waals surface area contributed by atoms with Crippen LogP contribution in [0.5, 0.6) is 0 Å². The summed E-state index contributed by atoms with van der Waals surface area (Å²) in [5.74, 6) is -0.175. The standard InChI is InChI=1S/C15H23N3O3S/c1-3-17-8-10-18(11-9-17)15(19)12-16-22(20,21)14-6-4-13(2)5-7-14/h4-7,16H,3,8-12H2,1-2H3. The average molecular weight is 325 g/mol. The lowest BCUT2D eigenvalue weighted by molar-refractivity contribution is -0.131. The lowest BCUT2D eigenvalue weighted by Crippen LogP contribution is -2.51. The third-order valence-corrected chi connectivity index (χ3v) is 5.33. The second-order valence-corrected chi connectivity index (χ2v) is 7.22. The van der Waals surface area contributed by atoms with Crippen LogP contribution in [0.2, 0.25) is 0 Å². The Hall–Kier alpha value is -1.44. The predicted octanol–water partition coefficient (Wildman–Crippen LogP) is 0.437. The number of hydrogen-bond acceptors (Lipinski definition) is 4. The summed E-state index contributed by atoms with van der Waals surface area (Å²) in [6.07, 6.45) is 0. The van der Waals surface area contributed by atoms with Crippen LogP contribution in [-0.2, 0) is 14.8 Å². The van der Waals surface area contributed by atoms with Crippen LogP contribution < -0.4 is 4.72 Å². The van der Waals surface area contributed by atoms with Gasteiger partial charge in [-0.25, -0.2) is 13.1 Å². The zero-order valence-electron chi connectivity index (χ0n) is 13.1. The second-order valence-electron chi connectivity index (χ2n) is 5.45. The van der Waals surface area contributed by atoms with E-state index in [2.05, 4.69) is 16.5 Å². The minimum absolute atomic E-state index is 0.175. The number of piperazine rings is 1. The van der Waals surface area contributed by atoms with Gasteiger partial charge in [0.1, 0.15) is 0 Å². The molecule has 0 unspecified atom stereocenters. The molecule has 1 fully saturated rings. The van der Waals surface area contributed by atoms with Crippen molar-refractivity contribution >= 4 is 15.9 Å². The Bertz CT molecular complexity index is 605. The molecule has 1 N–H and O–H groups in total. The molecule has 0 atom stereocenters. The van der Waals surface area contributed by atoms with Crippen LogP contribution in [0, 0.1) is 6.92 Å². The molecule has 2 rings (SSSR count). The quantitative estimate of drug-likeness (QED) is 0.853. The summed E-state index contributed by atoms with van der Waals surface area (Å²) < 4.78 is 26.7. The number of hydrogen-bond donors (Lipinski definition) is 1. The van der Waals surface area contributed by atoms with Gasteiger partial charge in [-0.05, 0) is 25.6 Å². The SMILES string of the molecule is CCN1CCN(C(=O)CNS(=O)(=O)c2ccc(C)cc2)CC1. The fourth-order valence-electron chi connectivity index (χ4n) is 2.38. The van der Waals surface area contributed by atoms with Crippen molar-refractivity contribution in [1.82, 2.24) is 14.5 Å². The van der Waals surface area contributed by atoms with E-state index in [9.17, 15) is 13.2 Å². The number of carbonyl (C=O) groups excluding carboxylic acids is 1. The molecular weight excluding hydrogens is 302 g/mol. The number of nitrogens with zero attached hydrogens (tertiary/aromatic N) is 2. The highest BCUT2D eigenvalue weighted by Crippen LogP contribution is 2.10. The monoisotopic (exact) mass is 325 g/mol. The first-order chi connectivity index (χ1) is 10.4. The zero-order chi connectivity index (χ0) is 16.2. The molecule has 0 spiro atoms. The van der Waals surface area contributed by atoms with E-state index in [-0.39, 0.29) is 17.3 Å². The number of carbonyl (C=O) groups is 1. The van der Waals surface area contributed by atoms with Gasteiger partial charge in [0.2, 0.25) is 15.9 Å². The van der Waals surface area contributed by atoms with Crippen LogP contribution in [0.25, 0.3) is 0 Å². The lowest BCUT2D eigenvalue weighted by Gasteiger charge is -2.34. The van der Waals surface area contributed by atoms with Gasteiger partial charge in [-0.15, -0.1) is 0 Å². The van der Waals surface area contributed by atoms with Gasteiger partial charge in [-0.1, -0.05) is 24.6 Å². The predicted molar refractivity (Wildman–Crippen MR) is 85.1 cm³/mol. The minimum atomic E-state index is -3.63. The molecule has 0 aromatic heterocycles. The van der Waals surface area contributed by atoms with Crippen LogP contribution in [0.4, 0.5) is 0 Å². The maximum atomic E-state index is 12.1. The molecule has 0 saturated carbocycles. The van der Waals surface area contributed by atoms with Gasteiger partial charge in [-0.3, -0.25) is 4.79 Å². The van der Waals surface area contributed by atoms with Crippen LogP contribution in [-0.4, -0.2) is 63.4 Å². The highest BCUT2D eigenvalue weighted by molar-refractivity contribution is 7.89. The van der Waals surface area contributed by atoms with Crippen molar-refractivity contribution in [3.8, 4) is 0 Å². The van der Waals surface area contributed by atoms with E-state index in [4.69, 9.17) is 0 Å². The number of rotatable bonds is 5. The molecular formula is C15H23N3O3S. The summed E-state index contributed by atoms with van der Waals surface area (Å²) in [5, 5.41) is 0. The van der Waals surface area contributed by atoms with Gasteiger partial charge in [0.25, 0.3) is 0 Å². The van der Waals surface area contributed by atoms with Crippen molar-refractivity contribution in [3.05, 3.63) is 29.8 Å². The summed E-state index contributed by atoms with van der Waals surface area (Å²) in [6, 6.07) is 6.56. The van der Waals surface area contributed by atoms with E-state index in [1.54, 1.807) is 29.2 Å². The topological polar surface area (TPSA) is 69.7 Å². The molecule has 1 amide bonds. The molecule has 1 aliphatic heterocycles. The number of sulfonamides is 1. The van der Waals surface area contributed by atoms with Gasteiger partial charge in [0.15, 0.2) is 0 Å². The third kappa shape index (κ3) is 4.28. The molecule has 22 heavy (non-hydrogen) atoms. The molecule has 0 radical (unpaired) electrons. The first-order valence-corrected chi connectivity index (χ1v) is 8.97. The Kier molecular flexibility index (Phi) is 5.55. The Morgan fingerprint density at radius 3 is 2.27 bits per heavy atom. The Balaban J connectivity index is 1.89. The smallest absolute Gasteiger partial charge is 0.241 e. The molecule has 122 valence electrons. The van der Waals surface area contributed by atoms with Gasteiger partial charge in [-0.2, -0.15) is 0 Å². The van der Waals surface area contributed by atoms with E-state index >= 15 is 0 Å². The molecule has 1 heterocycles. The summed E-state index contributed by atoms with van der Waals surface area (Å²) in [5.41, 5.74) is 0.990. The van der Waals surface area contributed by atoms with E-state index in [1.165, 1.54) is 0 Å². The number of aryl methyl sites for hydroxylation is 1. The lowest BCUT2D eigenvalue weighted by atomic mass is 10.2. The summed E-state index contributed by atoms with van der Waals surface area (Å²) in [7, 11) is -3.63. The van der Waals surface area contributed by atoms with Crippen LogP contribution in [0.1, 0.15) is 12.5 Å². The first kappa shape index (κ1) is 16.9. The summed E-state index contributed by atoms with van der Waals surface area (Å²) in [4.78, 5) is 16.3. The van der Waals surface area contributed by atoms with Crippen LogP contribution >= 0.6 is 0 Å². The Labute approximate surface area is 132 Å². The molecule has 0 aliphatic carbocycles. The zero-order valence-corrected chi connectivity index (χ0v) is 13.9. The summed E-state index contributed by atoms with van der Waals surface area (Å²) >= 11 is 0. The number of amides is 1.